The summed E-state index contributed by atoms with van der Waals surface area (Å²) in [6.45, 7) is 5.26. The molecule has 1 saturated heterocycles. The molecule has 0 radical (unpaired) electrons. The van der Waals surface area contributed by atoms with Gasteiger partial charge in [-0.15, -0.1) is 0 Å². The summed E-state index contributed by atoms with van der Waals surface area (Å²) in [7, 11) is 0. The van der Waals surface area contributed by atoms with Crippen molar-refractivity contribution in [3.63, 3.8) is 0 Å². The number of piperidine rings is 1. The normalized spacial score (nSPS) is 28.0. The SMILES string of the molecule is C=Cc1ccc(S(=O)OCC2C3CN(C(=O)O)CC23)cc1. The van der Waals surface area contributed by atoms with E-state index in [0.29, 0.717) is 42.3 Å². The first-order chi connectivity index (χ1) is 10.1. The maximum atomic E-state index is 12.0. The molecule has 21 heavy (non-hydrogen) atoms. The summed E-state index contributed by atoms with van der Waals surface area (Å²) in [4.78, 5) is 12.9. The Kier molecular flexibility index (Phi) is 3.82. The molecule has 1 N–H and O–H groups in total. The molecule has 1 aromatic rings. The van der Waals surface area contributed by atoms with Crippen molar-refractivity contribution in [2.45, 2.75) is 4.90 Å². The third-order valence-corrected chi connectivity index (χ3v) is 5.32. The summed E-state index contributed by atoms with van der Waals surface area (Å²) in [5, 5.41) is 8.89. The summed E-state index contributed by atoms with van der Waals surface area (Å²) in [6.07, 6.45) is 0.875. The molecular formula is C15H17NO4S. The molecule has 0 bridgehead atoms. The number of benzene rings is 1. The maximum absolute atomic E-state index is 12.0. The third kappa shape index (κ3) is 2.87. The van der Waals surface area contributed by atoms with E-state index in [9.17, 15) is 9.00 Å². The predicted octanol–water partition coefficient (Wildman–Crippen LogP) is 2.22. The molecular weight excluding hydrogens is 290 g/mol. The van der Waals surface area contributed by atoms with Gasteiger partial charge in [-0.1, -0.05) is 24.8 Å². The Labute approximate surface area is 125 Å². The second-order valence-electron chi connectivity index (χ2n) is 5.47. The molecule has 3 atom stereocenters. The van der Waals surface area contributed by atoms with Crippen molar-refractivity contribution in [2.24, 2.45) is 17.8 Å². The van der Waals surface area contributed by atoms with E-state index in [4.69, 9.17) is 9.29 Å². The maximum Gasteiger partial charge on any atom is 0.407 e. The number of rotatable bonds is 5. The molecule has 6 heteroatoms. The fourth-order valence-electron chi connectivity index (χ4n) is 2.98. The Bertz CT molecular complexity index is 574. The minimum atomic E-state index is -1.46. The van der Waals surface area contributed by atoms with Gasteiger partial charge in [0.1, 0.15) is 0 Å². The number of carbonyl (C=O) groups is 1. The monoisotopic (exact) mass is 307 g/mol. The van der Waals surface area contributed by atoms with Crippen LogP contribution in [0.5, 0.6) is 0 Å². The van der Waals surface area contributed by atoms with E-state index in [1.165, 1.54) is 4.90 Å². The van der Waals surface area contributed by atoms with Crippen LogP contribution in [0.1, 0.15) is 5.56 Å². The molecule has 2 aliphatic rings. The molecule has 1 heterocycles. The van der Waals surface area contributed by atoms with Gasteiger partial charge < -0.3 is 10.0 Å². The van der Waals surface area contributed by atoms with E-state index < -0.39 is 17.2 Å². The van der Waals surface area contributed by atoms with Crippen LogP contribution in [0.15, 0.2) is 35.7 Å². The van der Waals surface area contributed by atoms with Gasteiger partial charge in [0.05, 0.1) is 11.5 Å². The first-order valence-corrected chi connectivity index (χ1v) is 7.93. The van der Waals surface area contributed by atoms with Gasteiger partial charge in [-0.25, -0.2) is 9.00 Å². The van der Waals surface area contributed by atoms with Gasteiger partial charge in [0.15, 0.2) is 11.1 Å². The van der Waals surface area contributed by atoms with Crippen molar-refractivity contribution in [3.8, 4) is 0 Å². The lowest BCUT2D eigenvalue weighted by Crippen LogP contribution is -2.30. The van der Waals surface area contributed by atoms with E-state index in [-0.39, 0.29) is 0 Å². The molecule has 3 unspecified atom stereocenters. The van der Waals surface area contributed by atoms with Gasteiger partial charge in [-0.3, -0.25) is 4.18 Å². The second kappa shape index (κ2) is 5.61. The highest BCUT2D eigenvalue weighted by Crippen LogP contribution is 2.51. The zero-order valence-corrected chi connectivity index (χ0v) is 12.3. The average Bonchev–Trinajstić information content (AvgIpc) is 2.94. The van der Waals surface area contributed by atoms with Crippen LogP contribution in [0.4, 0.5) is 4.79 Å². The third-order valence-electron chi connectivity index (χ3n) is 4.32. The molecule has 0 aromatic heterocycles. The zero-order chi connectivity index (χ0) is 15.0. The lowest BCUT2D eigenvalue weighted by atomic mass is 10.2. The van der Waals surface area contributed by atoms with Gasteiger partial charge >= 0.3 is 6.09 Å². The van der Waals surface area contributed by atoms with Crippen molar-refractivity contribution in [3.05, 3.63) is 36.4 Å². The molecule has 1 saturated carbocycles. The summed E-state index contributed by atoms with van der Waals surface area (Å²) in [5.74, 6) is 1.10. The Morgan fingerprint density at radius 3 is 2.52 bits per heavy atom. The van der Waals surface area contributed by atoms with Crippen LogP contribution >= 0.6 is 0 Å². The molecule has 5 nitrogen and oxygen atoms in total. The highest BCUT2D eigenvalue weighted by molar-refractivity contribution is 7.80. The molecule has 0 spiro atoms. The first-order valence-electron chi connectivity index (χ1n) is 6.85. The molecule has 2 fully saturated rings. The number of carboxylic acid groups (broad SMARTS) is 1. The quantitative estimate of drug-likeness (QED) is 0.906. The average molecular weight is 307 g/mol. The van der Waals surface area contributed by atoms with Crippen LogP contribution in [0.25, 0.3) is 6.08 Å². The highest BCUT2D eigenvalue weighted by atomic mass is 32.2. The number of hydrogen-bond donors (Lipinski definition) is 1. The highest BCUT2D eigenvalue weighted by Gasteiger charge is 2.56. The van der Waals surface area contributed by atoms with Crippen LogP contribution in [0, 0.1) is 17.8 Å². The van der Waals surface area contributed by atoms with E-state index in [2.05, 4.69) is 6.58 Å². The Balaban J connectivity index is 1.47. The number of hydrogen-bond acceptors (Lipinski definition) is 3. The lowest BCUT2D eigenvalue weighted by molar-refractivity contribution is 0.145. The number of nitrogens with zero attached hydrogens (tertiary/aromatic N) is 1. The van der Waals surface area contributed by atoms with E-state index in [1.807, 2.05) is 12.1 Å². The molecule has 1 aliphatic heterocycles. The van der Waals surface area contributed by atoms with E-state index in [0.717, 1.165) is 5.56 Å². The van der Waals surface area contributed by atoms with Gasteiger partial charge in [0.25, 0.3) is 0 Å². The van der Waals surface area contributed by atoms with Gasteiger partial charge in [-0.2, -0.15) is 0 Å². The molecule has 3 rings (SSSR count). The van der Waals surface area contributed by atoms with E-state index >= 15 is 0 Å². The van der Waals surface area contributed by atoms with Crippen molar-refractivity contribution in [2.75, 3.05) is 19.7 Å². The fraction of sp³-hybridized carbons (Fsp3) is 0.400. The number of amides is 1. The van der Waals surface area contributed by atoms with Crippen molar-refractivity contribution in [1.29, 1.82) is 0 Å². The largest absolute Gasteiger partial charge is 0.465 e. The smallest absolute Gasteiger partial charge is 0.407 e. The second-order valence-corrected chi connectivity index (χ2v) is 6.65. The minimum Gasteiger partial charge on any atom is -0.465 e. The summed E-state index contributed by atoms with van der Waals surface area (Å²) in [5.41, 5.74) is 0.973. The summed E-state index contributed by atoms with van der Waals surface area (Å²) < 4.78 is 17.5. The Hall–Kier alpha value is -1.66. The van der Waals surface area contributed by atoms with Crippen LogP contribution < -0.4 is 0 Å². The van der Waals surface area contributed by atoms with Crippen molar-refractivity contribution in [1.82, 2.24) is 4.90 Å². The summed E-state index contributed by atoms with van der Waals surface area (Å²) in [6, 6.07) is 7.24. The van der Waals surface area contributed by atoms with Crippen molar-refractivity contribution >= 4 is 23.2 Å². The predicted molar refractivity (Wildman–Crippen MR) is 79.0 cm³/mol. The summed E-state index contributed by atoms with van der Waals surface area (Å²) >= 11 is -1.46. The Morgan fingerprint density at radius 1 is 1.38 bits per heavy atom. The first kappa shape index (κ1) is 14.3. The fourth-order valence-corrected chi connectivity index (χ4v) is 3.75. The molecule has 1 aliphatic carbocycles. The van der Waals surface area contributed by atoms with Crippen LogP contribution in [-0.4, -0.2) is 40.0 Å². The van der Waals surface area contributed by atoms with Crippen LogP contribution in [-0.2, 0) is 15.3 Å². The van der Waals surface area contributed by atoms with Crippen LogP contribution in [0.2, 0.25) is 0 Å². The lowest BCUT2D eigenvalue weighted by Gasteiger charge is -2.15. The van der Waals surface area contributed by atoms with Gasteiger partial charge in [-0.05, 0) is 35.4 Å². The van der Waals surface area contributed by atoms with Crippen LogP contribution in [0.3, 0.4) is 0 Å². The Morgan fingerprint density at radius 2 is 2.00 bits per heavy atom. The van der Waals surface area contributed by atoms with Crippen molar-refractivity contribution < 1.29 is 18.3 Å². The minimum absolute atomic E-state index is 0.344. The zero-order valence-electron chi connectivity index (χ0n) is 11.5. The number of fused-ring (bicyclic) bond motifs is 1. The molecule has 112 valence electrons. The topological polar surface area (TPSA) is 66.8 Å². The number of likely N-dealkylation sites (tertiary alicyclic amines) is 1. The van der Waals surface area contributed by atoms with Gasteiger partial charge in [0.2, 0.25) is 0 Å². The molecule has 1 aromatic carbocycles. The standard InChI is InChI=1S/C15H17NO4S/c1-2-10-3-5-11(6-4-10)21(19)20-9-14-12-7-16(15(17)18)8-13(12)14/h2-6,12-14H,1,7-9H2,(H,17,18). The van der Waals surface area contributed by atoms with E-state index in [1.54, 1.807) is 18.2 Å². The van der Waals surface area contributed by atoms with Gasteiger partial charge in [0, 0.05) is 13.1 Å². The molecule has 1 amide bonds.